The highest BCUT2D eigenvalue weighted by molar-refractivity contribution is 6.46. The lowest BCUT2D eigenvalue weighted by molar-refractivity contribution is -0.112. The number of ketones is 1. The van der Waals surface area contributed by atoms with Gasteiger partial charge < -0.3 is 14.8 Å². The number of aryl methyl sites for hydroxylation is 1. The maximum absolute atomic E-state index is 13.9. The third-order valence-electron chi connectivity index (χ3n) is 6.80. The van der Waals surface area contributed by atoms with Crippen LogP contribution in [-0.4, -0.2) is 45.1 Å². The van der Waals surface area contributed by atoms with Crippen LogP contribution in [0.2, 0.25) is 0 Å². The Morgan fingerprint density at radius 2 is 1.73 bits per heavy atom. The molecule has 0 spiro atoms. The van der Waals surface area contributed by atoms with Crippen molar-refractivity contribution < 1.29 is 23.2 Å². The molecule has 4 aromatic rings. The van der Waals surface area contributed by atoms with Crippen molar-refractivity contribution >= 4 is 34.2 Å². The summed E-state index contributed by atoms with van der Waals surface area (Å²) in [6.07, 6.45) is 4.50. The molecular weight excluding hydrogens is 478 g/mol. The lowest BCUT2D eigenvalue weighted by atomic mass is 9.89. The first-order chi connectivity index (χ1) is 17.8. The van der Waals surface area contributed by atoms with Crippen LogP contribution >= 0.6 is 0 Å². The Bertz CT molecular complexity index is 1510. The summed E-state index contributed by atoms with van der Waals surface area (Å²) >= 11 is 0. The molecule has 0 aliphatic carbocycles. The molecule has 2 aromatic heterocycles. The molecule has 37 heavy (non-hydrogen) atoms. The summed E-state index contributed by atoms with van der Waals surface area (Å²) in [5.74, 6) is -3.25. The number of hydrogen-bond acceptors (Lipinski definition) is 4. The zero-order chi connectivity index (χ0) is 26.1. The van der Waals surface area contributed by atoms with Crippen molar-refractivity contribution in [3.63, 3.8) is 0 Å². The second kappa shape index (κ2) is 9.93. The fourth-order valence-corrected chi connectivity index (χ4v) is 4.70. The highest BCUT2D eigenvalue weighted by Crippen LogP contribution is 2.30. The molecular formula is C28H24F2N4O3. The van der Waals surface area contributed by atoms with Crippen LogP contribution in [0, 0.1) is 11.6 Å². The van der Waals surface area contributed by atoms with Crippen LogP contribution in [0.5, 0.6) is 0 Å². The van der Waals surface area contributed by atoms with E-state index >= 15 is 0 Å². The number of benzene rings is 2. The van der Waals surface area contributed by atoms with E-state index in [1.807, 2.05) is 12.1 Å². The molecule has 0 bridgehead atoms. The molecule has 9 heteroatoms. The Kier molecular flexibility index (Phi) is 6.52. The first-order valence-corrected chi connectivity index (χ1v) is 11.9. The van der Waals surface area contributed by atoms with Gasteiger partial charge in [0.15, 0.2) is 11.6 Å². The molecule has 1 aliphatic rings. The normalized spacial score (nSPS) is 14.1. The SMILES string of the molecule is Cn1cccc1C(=O)C(=O)Nc1ccc(C2CCN(C(=O)c3cnc4c(F)c(F)ccc4c3)CC2)cc1. The monoisotopic (exact) mass is 502 g/mol. The molecule has 1 saturated heterocycles. The Labute approximate surface area is 211 Å². The number of Topliss-reactive ketones (excluding diaryl/α,β-unsaturated/α-hetero) is 1. The van der Waals surface area contributed by atoms with Crippen LogP contribution < -0.4 is 5.32 Å². The second-order valence-electron chi connectivity index (χ2n) is 9.13. The molecule has 1 N–H and O–H groups in total. The molecule has 0 atom stereocenters. The zero-order valence-electron chi connectivity index (χ0n) is 20.1. The van der Waals surface area contributed by atoms with E-state index in [0.29, 0.717) is 35.4 Å². The predicted octanol–water partition coefficient (Wildman–Crippen LogP) is 4.69. The van der Waals surface area contributed by atoms with Crippen LogP contribution in [0.1, 0.15) is 45.2 Å². The summed E-state index contributed by atoms with van der Waals surface area (Å²) in [4.78, 5) is 43.3. The maximum atomic E-state index is 13.9. The van der Waals surface area contributed by atoms with E-state index in [-0.39, 0.29) is 17.3 Å². The van der Waals surface area contributed by atoms with Gasteiger partial charge in [0.25, 0.3) is 17.6 Å². The number of anilines is 1. The van der Waals surface area contributed by atoms with Gasteiger partial charge in [-0.1, -0.05) is 12.1 Å². The van der Waals surface area contributed by atoms with Crippen molar-refractivity contribution in [3.8, 4) is 0 Å². The Hall–Kier alpha value is -4.40. The Morgan fingerprint density at radius 1 is 1.00 bits per heavy atom. The number of pyridine rings is 1. The van der Waals surface area contributed by atoms with Gasteiger partial charge >= 0.3 is 0 Å². The number of halogens is 2. The molecule has 5 rings (SSSR count). The molecule has 0 saturated carbocycles. The first-order valence-electron chi connectivity index (χ1n) is 11.9. The third kappa shape index (κ3) is 4.84. The van der Waals surface area contributed by atoms with Crippen molar-refractivity contribution in [2.24, 2.45) is 7.05 Å². The molecule has 2 aromatic carbocycles. The smallest absolute Gasteiger partial charge is 0.298 e. The van der Waals surface area contributed by atoms with E-state index in [9.17, 15) is 23.2 Å². The minimum atomic E-state index is -1.02. The number of nitrogens with zero attached hydrogens (tertiary/aromatic N) is 3. The van der Waals surface area contributed by atoms with E-state index in [1.54, 1.807) is 47.0 Å². The third-order valence-corrected chi connectivity index (χ3v) is 6.80. The number of likely N-dealkylation sites (tertiary alicyclic amines) is 1. The fourth-order valence-electron chi connectivity index (χ4n) is 4.70. The van der Waals surface area contributed by atoms with E-state index in [2.05, 4.69) is 10.3 Å². The van der Waals surface area contributed by atoms with Gasteiger partial charge in [0.1, 0.15) is 5.52 Å². The van der Waals surface area contributed by atoms with Gasteiger partial charge in [-0.25, -0.2) is 8.78 Å². The van der Waals surface area contributed by atoms with Gasteiger partial charge in [0.2, 0.25) is 0 Å². The van der Waals surface area contributed by atoms with Crippen molar-refractivity contribution in [3.05, 3.63) is 95.4 Å². The highest BCUT2D eigenvalue weighted by atomic mass is 19.2. The van der Waals surface area contributed by atoms with Crippen molar-refractivity contribution in [1.29, 1.82) is 0 Å². The molecule has 0 radical (unpaired) electrons. The minimum Gasteiger partial charge on any atom is -0.348 e. The van der Waals surface area contributed by atoms with Crippen molar-refractivity contribution in [2.75, 3.05) is 18.4 Å². The van der Waals surface area contributed by atoms with Crippen molar-refractivity contribution in [1.82, 2.24) is 14.5 Å². The zero-order valence-corrected chi connectivity index (χ0v) is 20.1. The lowest BCUT2D eigenvalue weighted by Gasteiger charge is -2.32. The molecule has 3 heterocycles. The number of piperidine rings is 1. The topological polar surface area (TPSA) is 84.3 Å². The van der Waals surface area contributed by atoms with Crippen molar-refractivity contribution in [2.45, 2.75) is 18.8 Å². The molecule has 1 aliphatic heterocycles. The lowest BCUT2D eigenvalue weighted by Crippen LogP contribution is -2.38. The van der Waals surface area contributed by atoms with Gasteiger partial charge in [-0.05, 0) is 66.8 Å². The number of fused-ring (bicyclic) bond motifs is 1. The number of carbonyl (C=O) groups excluding carboxylic acids is 3. The van der Waals surface area contributed by atoms with Gasteiger partial charge in [-0.15, -0.1) is 0 Å². The van der Waals surface area contributed by atoms with Gasteiger partial charge in [0.05, 0.1) is 11.3 Å². The Balaban J connectivity index is 1.19. The summed E-state index contributed by atoms with van der Waals surface area (Å²) in [5.41, 5.74) is 2.17. The predicted molar refractivity (Wildman–Crippen MR) is 134 cm³/mol. The molecule has 2 amide bonds. The largest absolute Gasteiger partial charge is 0.348 e. The van der Waals surface area contributed by atoms with Crippen LogP contribution in [-0.2, 0) is 11.8 Å². The summed E-state index contributed by atoms with van der Waals surface area (Å²) in [6, 6.07) is 14.7. The Morgan fingerprint density at radius 3 is 2.41 bits per heavy atom. The first kappa shape index (κ1) is 24.3. The van der Waals surface area contributed by atoms with Crippen LogP contribution in [0.15, 0.2) is 67.0 Å². The number of aromatic nitrogens is 2. The van der Waals surface area contributed by atoms with E-state index in [1.165, 1.54) is 18.3 Å². The van der Waals surface area contributed by atoms with Crippen LogP contribution in [0.3, 0.4) is 0 Å². The van der Waals surface area contributed by atoms with Crippen LogP contribution in [0.25, 0.3) is 10.9 Å². The summed E-state index contributed by atoms with van der Waals surface area (Å²) in [5, 5.41) is 3.01. The number of carbonyl (C=O) groups is 3. The molecule has 188 valence electrons. The maximum Gasteiger partial charge on any atom is 0.298 e. The summed E-state index contributed by atoms with van der Waals surface area (Å²) in [6.45, 7) is 1.09. The number of nitrogens with one attached hydrogen (secondary N) is 1. The van der Waals surface area contributed by atoms with Crippen LogP contribution in [0.4, 0.5) is 14.5 Å². The summed E-state index contributed by atoms with van der Waals surface area (Å²) in [7, 11) is 1.70. The standard InChI is InChI=1S/C28H24F2N4O3/c1-33-12-2-3-23(33)26(35)27(36)32-21-7-4-17(5-8-21)18-10-13-34(14-11-18)28(37)20-15-19-6-9-22(29)24(30)25(19)31-16-20/h2-9,12,15-16,18H,10-11,13-14H2,1H3,(H,32,36). The molecule has 1 fully saturated rings. The average molecular weight is 503 g/mol. The minimum absolute atomic E-state index is 0.0979. The number of amides is 2. The number of hydrogen-bond donors (Lipinski definition) is 1. The highest BCUT2D eigenvalue weighted by Gasteiger charge is 2.25. The van der Waals surface area contributed by atoms with Gasteiger partial charge in [0, 0.05) is 43.6 Å². The van der Waals surface area contributed by atoms with E-state index in [4.69, 9.17) is 0 Å². The second-order valence-corrected chi connectivity index (χ2v) is 9.13. The van der Waals surface area contributed by atoms with E-state index in [0.717, 1.165) is 24.5 Å². The fraction of sp³-hybridized carbons (Fsp3) is 0.214. The molecule has 0 unspecified atom stereocenters. The molecule has 7 nitrogen and oxygen atoms in total. The number of rotatable bonds is 5. The van der Waals surface area contributed by atoms with Gasteiger partial charge in [-0.2, -0.15) is 0 Å². The average Bonchev–Trinajstić information content (AvgIpc) is 3.36. The van der Waals surface area contributed by atoms with Gasteiger partial charge in [-0.3, -0.25) is 19.4 Å². The quantitative estimate of drug-likeness (QED) is 0.317. The summed E-state index contributed by atoms with van der Waals surface area (Å²) < 4.78 is 28.9. The van der Waals surface area contributed by atoms with E-state index < -0.39 is 23.3 Å².